The third-order valence-electron chi connectivity index (χ3n) is 3.56. The fourth-order valence-electron chi connectivity index (χ4n) is 2.46. The Bertz CT molecular complexity index is 591. The van der Waals surface area contributed by atoms with Crippen LogP contribution in [0.2, 0.25) is 0 Å². The Morgan fingerprint density at radius 1 is 1.32 bits per heavy atom. The zero-order valence-electron chi connectivity index (χ0n) is 11.0. The first-order valence-corrected chi connectivity index (χ1v) is 7.45. The van der Waals surface area contributed by atoms with Crippen molar-refractivity contribution in [3.05, 3.63) is 39.9 Å². The maximum absolute atomic E-state index is 4.30. The summed E-state index contributed by atoms with van der Waals surface area (Å²) >= 11 is 3.61. The van der Waals surface area contributed by atoms with Crippen LogP contribution in [0.4, 0.5) is 5.69 Å². The molecule has 0 unspecified atom stereocenters. The predicted octanol–water partition coefficient (Wildman–Crippen LogP) is 3.30. The summed E-state index contributed by atoms with van der Waals surface area (Å²) in [7, 11) is 0. The minimum atomic E-state index is 0.717. The molecule has 4 nitrogen and oxygen atoms in total. The number of hydrogen-bond acceptors (Lipinski definition) is 3. The highest BCUT2D eigenvalue weighted by Gasteiger charge is 2.15. The van der Waals surface area contributed by atoms with Crippen molar-refractivity contribution in [2.75, 3.05) is 5.32 Å². The van der Waals surface area contributed by atoms with Crippen LogP contribution in [0.3, 0.4) is 0 Å². The lowest BCUT2D eigenvalue weighted by molar-refractivity contribution is 0.510. The molecule has 5 heteroatoms. The van der Waals surface area contributed by atoms with Gasteiger partial charge in [-0.2, -0.15) is 0 Å². The molecule has 0 fully saturated rings. The molecule has 100 valence electrons. The molecule has 1 aliphatic rings. The standard InChI is InChI=1S/C14H17BrN4/c1-10-5-4-6-11(14(10)15)16-9-13-18-17-12-7-2-3-8-19(12)13/h4-6,16H,2-3,7-9H2,1H3. The van der Waals surface area contributed by atoms with E-state index in [4.69, 9.17) is 0 Å². The smallest absolute Gasteiger partial charge is 0.152 e. The van der Waals surface area contributed by atoms with Crippen LogP contribution in [-0.4, -0.2) is 14.8 Å². The Morgan fingerprint density at radius 3 is 3.11 bits per heavy atom. The second kappa shape index (κ2) is 5.33. The quantitative estimate of drug-likeness (QED) is 0.943. The van der Waals surface area contributed by atoms with E-state index in [1.165, 1.54) is 18.4 Å². The second-order valence-electron chi connectivity index (χ2n) is 4.93. The van der Waals surface area contributed by atoms with Crippen molar-refractivity contribution in [1.29, 1.82) is 0 Å². The third-order valence-corrected chi connectivity index (χ3v) is 4.62. The molecule has 2 aromatic rings. The van der Waals surface area contributed by atoms with Gasteiger partial charge in [0, 0.05) is 23.1 Å². The summed E-state index contributed by atoms with van der Waals surface area (Å²) in [6.07, 6.45) is 3.52. The van der Waals surface area contributed by atoms with E-state index in [-0.39, 0.29) is 0 Å². The molecule has 19 heavy (non-hydrogen) atoms. The molecule has 0 saturated heterocycles. The normalized spacial score (nSPS) is 14.2. The number of fused-ring (bicyclic) bond motifs is 1. The molecule has 0 atom stereocenters. The van der Waals surface area contributed by atoms with Gasteiger partial charge in [0.15, 0.2) is 5.82 Å². The minimum absolute atomic E-state index is 0.717. The molecule has 2 heterocycles. The van der Waals surface area contributed by atoms with Crippen LogP contribution in [0, 0.1) is 6.92 Å². The van der Waals surface area contributed by atoms with Gasteiger partial charge in [0.25, 0.3) is 0 Å². The van der Waals surface area contributed by atoms with Crippen molar-refractivity contribution in [1.82, 2.24) is 14.8 Å². The summed E-state index contributed by atoms with van der Waals surface area (Å²) in [5.74, 6) is 2.16. The number of anilines is 1. The highest BCUT2D eigenvalue weighted by molar-refractivity contribution is 9.10. The molecule has 1 aliphatic heterocycles. The highest BCUT2D eigenvalue weighted by Crippen LogP contribution is 2.26. The Hall–Kier alpha value is -1.36. The van der Waals surface area contributed by atoms with Crippen molar-refractivity contribution in [3.8, 4) is 0 Å². The number of nitrogens with zero attached hydrogens (tertiary/aromatic N) is 3. The minimum Gasteiger partial charge on any atom is -0.377 e. The first-order valence-electron chi connectivity index (χ1n) is 6.65. The van der Waals surface area contributed by atoms with Gasteiger partial charge in [-0.15, -0.1) is 10.2 Å². The van der Waals surface area contributed by atoms with E-state index in [0.29, 0.717) is 0 Å². The fraction of sp³-hybridized carbons (Fsp3) is 0.429. The molecule has 1 aromatic carbocycles. The van der Waals surface area contributed by atoms with Crippen LogP contribution in [0.5, 0.6) is 0 Å². The molecular formula is C14H17BrN4. The van der Waals surface area contributed by atoms with Gasteiger partial charge in [0.2, 0.25) is 0 Å². The van der Waals surface area contributed by atoms with E-state index in [0.717, 1.165) is 41.3 Å². The van der Waals surface area contributed by atoms with Gasteiger partial charge in [0.1, 0.15) is 5.82 Å². The second-order valence-corrected chi connectivity index (χ2v) is 5.72. The molecule has 0 spiro atoms. The van der Waals surface area contributed by atoms with E-state index >= 15 is 0 Å². The predicted molar refractivity (Wildman–Crippen MR) is 79.2 cm³/mol. The van der Waals surface area contributed by atoms with Gasteiger partial charge in [-0.25, -0.2) is 0 Å². The third kappa shape index (κ3) is 2.52. The summed E-state index contributed by atoms with van der Waals surface area (Å²) in [6.45, 7) is 3.86. The molecule has 3 rings (SSSR count). The van der Waals surface area contributed by atoms with E-state index in [2.05, 4.69) is 61.1 Å². The lowest BCUT2D eigenvalue weighted by Gasteiger charge is -2.15. The molecule has 0 amide bonds. The Labute approximate surface area is 121 Å². The average molecular weight is 321 g/mol. The SMILES string of the molecule is Cc1cccc(NCc2nnc3n2CCCC3)c1Br. The number of aryl methyl sites for hydroxylation is 2. The van der Waals surface area contributed by atoms with E-state index in [9.17, 15) is 0 Å². The van der Waals surface area contributed by atoms with Gasteiger partial charge in [-0.05, 0) is 47.3 Å². The maximum atomic E-state index is 4.30. The number of hydrogen-bond donors (Lipinski definition) is 1. The summed E-state index contributed by atoms with van der Waals surface area (Å²) in [5.41, 5.74) is 2.33. The average Bonchev–Trinajstić information content (AvgIpc) is 2.84. The van der Waals surface area contributed by atoms with Gasteiger partial charge < -0.3 is 9.88 Å². The van der Waals surface area contributed by atoms with Crippen LogP contribution in [-0.2, 0) is 19.5 Å². The number of halogens is 1. The molecule has 0 saturated carbocycles. The highest BCUT2D eigenvalue weighted by atomic mass is 79.9. The first-order chi connectivity index (χ1) is 9.25. The van der Waals surface area contributed by atoms with Crippen LogP contribution in [0.15, 0.2) is 22.7 Å². The number of rotatable bonds is 3. The number of benzene rings is 1. The van der Waals surface area contributed by atoms with Crippen molar-refractivity contribution < 1.29 is 0 Å². The van der Waals surface area contributed by atoms with Crippen molar-refractivity contribution >= 4 is 21.6 Å². The molecule has 0 radical (unpaired) electrons. The molecule has 0 aliphatic carbocycles. The first kappa shape index (κ1) is 12.7. The largest absolute Gasteiger partial charge is 0.377 e. The van der Waals surface area contributed by atoms with E-state index < -0.39 is 0 Å². The van der Waals surface area contributed by atoms with E-state index in [1.54, 1.807) is 0 Å². The number of nitrogens with one attached hydrogen (secondary N) is 1. The summed E-state index contributed by atoms with van der Waals surface area (Å²) in [5, 5.41) is 12.0. The summed E-state index contributed by atoms with van der Waals surface area (Å²) in [4.78, 5) is 0. The Balaban J connectivity index is 1.76. The molecule has 1 N–H and O–H groups in total. The van der Waals surface area contributed by atoms with Gasteiger partial charge in [-0.1, -0.05) is 12.1 Å². The molecule has 0 bridgehead atoms. The Kier molecular flexibility index (Phi) is 3.55. The summed E-state index contributed by atoms with van der Waals surface area (Å²) in [6, 6.07) is 6.22. The topological polar surface area (TPSA) is 42.7 Å². The molecule has 1 aromatic heterocycles. The van der Waals surface area contributed by atoms with Crippen LogP contribution < -0.4 is 5.32 Å². The maximum Gasteiger partial charge on any atom is 0.152 e. The van der Waals surface area contributed by atoms with Crippen molar-refractivity contribution in [3.63, 3.8) is 0 Å². The summed E-state index contributed by atoms with van der Waals surface area (Å²) < 4.78 is 3.37. The Morgan fingerprint density at radius 2 is 2.21 bits per heavy atom. The van der Waals surface area contributed by atoms with Crippen molar-refractivity contribution in [2.24, 2.45) is 0 Å². The lowest BCUT2D eigenvalue weighted by Crippen LogP contribution is -2.15. The van der Waals surface area contributed by atoms with Crippen LogP contribution in [0.25, 0.3) is 0 Å². The van der Waals surface area contributed by atoms with Gasteiger partial charge >= 0.3 is 0 Å². The number of aromatic nitrogens is 3. The van der Waals surface area contributed by atoms with Gasteiger partial charge in [-0.3, -0.25) is 0 Å². The van der Waals surface area contributed by atoms with E-state index in [1.807, 2.05) is 0 Å². The monoisotopic (exact) mass is 320 g/mol. The zero-order valence-corrected chi connectivity index (χ0v) is 12.6. The van der Waals surface area contributed by atoms with Crippen LogP contribution in [0.1, 0.15) is 30.1 Å². The van der Waals surface area contributed by atoms with Crippen LogP contribution >= 0.6 is 15.9 Å². The van der Waals surface area contributed by atoms with Gasteiger partial charge in [0.05, 0.1) is 6.54 Å². The fourth-order valence-corrected chi connectivity index (χ4v) is 2.86. The zero-order chi connectivity index (χ0) is 13.2. The molecular weight excluding hydrogens is 304 g/mol. The lowest BCUT2D eigenvalue weighted by atomic mass is 10.1. The van der Waals surface area contributed by atoms with Crippen molar-refractivity contribution in [2.45, 2.75) is 39.3 Å².